The number of amides is 1. The number of alkyl halides is 3. The van der Waals surface area contributed by atoms with E-state index in [1.165, 1.54) is 6.20 Å². The molecule has 11 heteroatoms. The molecule has 3 heterocycles. The van der Waals surface area contributed by atoms with Crippen molar-refractivity contribution in [3.63, 3.8) is 0 Å². The van der Waals surface area contributed by atoms with Crippen LogP contribution in [0.3, 0.4) is 0 Å². The normalized spacial score (nSPS) is 16.0. The Labute approximate surface area is 133 Å². The van der Waals surface area contributed by atoms with Gasteiger partial charge in [0, 0.05) is 33.2 Å². The second kappa shape index (κ2) is 5.80. The summed E-state index contributed by atoms with van der Waals surface area (Å²) < 4.78 is 39.3. The molecule has 0 saturated carbocycles. The van der Waals surface area contributed by atoms with Gasteiger partial charge in [-0.1, -0.05) is 11.3 Å². The van der Waals surface area contributed by atoms with Gasteiger partial charge in [-0.05, 0) is 0 Å². The number of nitrogens with zero attached hydrogens (tertiary/aromatic N) is 6. The minimum Gasteiger partial charge on any atom is -0.343 e. The third-order valence-electron chi connectivity index (χ3n) is 3.53. The predicted octanol–water partition coefficient (Wildman–Crippen LogP) is 1.25. The lowest BCUT2D eigenvalue weighted by Crippen LogP contribution is -2.49. The van der Waals surface area contributed by atoms with Gasteiger partial charge in [0.15, 0.2) is 0 Å². The van der Waals surface area contributed by atoms with E-state index in [2.05, 4.69) is 15.2 Å². The molecule has 0 spiro atoms. The van der Waals surface area contributed by atoms with Crippen LogP contribution in [0.2, 0.25) is 0 Å². The standard InChI is InChI=1S/C12H13F3N6OS/c1-19-7-16-6-8(19)9(22)20-2-4-21(5-3-20)11-18-17-10(23-11)12(13,14)15/h6-7H,2-5H2,1H3. The molecule has 0 aromatic carbocycles. The maximum absolute atomic E-state index is 12.6. The van der Waals surface area contributed by atoms with Crippen LogP contribution in [0.25, 0.3) is 0 Å². The molecule has 2 aromatic heterocycles. The lowest BCUT2D eigenvalue weighted by Gasteiger charge is -2.34. The second-order valence-corrected chi connectivity index (χ2v) is 6.01. The third-order valence-corrected chi connectivity index (χ3v) is 4.56. The van der Waals surface area contributed by atoms with E-state index in [1.807, 2.05) is 0 Å². The number of piperazine rings is 1. The number of anilines is 1. The Morgan fingerprint density at radius 3 is 2.43 bits per heavy atom. The van der Waals surface area contributed by atoms with Crippen molar-refractivity contribution >= 4 is 22.4 Å². The fourth-order valence-corrected chi connectivity index (χ4v) is 3.05. The number of rotatable bonds is 2. The molecule has 124 valence electrons. The first kappa shape index (κ1) is 15.7. The second-order valence-electron chi connectivity index (χ2n) is 5.06. The van der Waals surface area contributed by atoms with Gasteiger partial charge in [0.05, 0.1) is 12.5 Å². The molecule has 7 nitrogen and oxygen atoms in total. The molecule has 1 fully saturated rings. The number of halogens is 3. The molecule has 0 N–H and O–H groups in total. The molecule has 1 amide bonds. The minimum atomic E-state index is -4.48. The van der Waals surface area contributed by atoms with Gasteiger partial charge in [-0.25, -0.2) is 4.98 Å². The molecule has 3 rings (SSSR count). The fraction of sp³-hybridized carbons (Fsp3) is 0.500. The van der Waals surface area contributed by atoms with Crippen LogP contribution in [0.1, 0.15) is 15.5 Å². The van der Waals surface area contributed by atoms with Crippen molar-refractivity contribution in [2.45, 2.75) is 6.18 Å². The Bertz CT molecular complexity index is 704. The summed E-state index contributed by atoms with van der Waals surface area (Å²) in [6.07, 6.45) is -1.44. The monoisotopic (exact) mass is 346 g/mol. The van der Waals surface area contributed by atoms with E-state index in [9.17, 15) is 18.0 Å². The van der Waals surface area contributed by atoms with Crippen LogP contribution < -0.4 is 4.90 Å². The van der Waals surface area contributed by atoms with Crippen LogP contribution in [0.15, 0.2) is 12.5 Å². The van der Waals surface area contributed by atoms with E-state index in [1.54, 1.807) is 27.7 Å². The Morgan fingerprint density at radius 1 is 1.22 bits per heavy atom. The van der Waals surface area contributed by atoms with Crippen molar-refractivity contribution in [2.24, 2.45) is 7.05 Å². The van der Waals surface area contributed by atoms with Crippen LogP contribution in [0.4, 0.5) is 18.3 Å². The van der Waals surface area contributed by atoms with Crippen molar-refractivity contribution in [1.82, 2.24) is 24.6 Å². The number of hydrogen-bond donors (Lipinski definition) is 0. The summed E-state index contributed by atoms with van der Waals surface area (Å²) in [6.45, 7) is 1.64. The van der Waals surface area contributed by atoms with Gasteiger partial charge in [-0.2, -0.15) is 13.2 Å². The van der Waals surface area contributed by atoms with E-state index in [4.69, 9.17) is 0 Å². The average Bonchev–Trinajstić information content (AvgIpc) is 3.15. The van der Waals surface area contributed by atoms with Gasteiger partial charge in [-0.15, -0.1) is 10.2 Å². The van der Waals surface area contributed by atoms with E-state index >= 15 is 0 Å². The number of aromatic nitrogens is 4. The van der Waals surface area contributed by atoms with Crippen LogP contribution in [0.5, 0.6) is 0 Å². The highest BCUT2D eigenvalue weighted by Crippen LogP contribution is 2.34. The minimum absolute atomic E-state index is 0.141. The lowest BCUT2D eigenvalue weighted by molar-refractivity contribution is -0.138. The van der Waals surface area contributed by atoms with E-state index in [0.717, 1.165) is 0 Å². The van der Waals surface area contributed by atoms with Gasteiger partial charge < -0.3 is 14.4 Å². The number of hydrogen-bond acceptors (Lipinski definition) is 6. The van der Waals surface area contributed by atoms with Gasteiger partial charge in [0.1, 0.15) is 5.69 Å². The summed E-state index contributed by atoms with van der Waals surface area (Å²) in [7, 11) is 1.73. The van der Waals surface area contributed by atoms with Crippen molar-refractivity contribution in [2.75, 3.05) is 31.1 Å². The molecule has 0 atom stereocenters. The Hall–Kier alpha value is -2.17. The van der Waals surface area contributed by atoms with Crippen LogP contribution in [-0.2, 0) is 13.2 Å². The van der Waals surface area contributed by atoms with Crippen molar-refractivity contribution in [3.05, 3.63) is 23.2 Å². The summed E-state index contributed by atoms with van der Waals surface area (Å²) >= 11 is 0.517. The molecule has 2 aromatic rings. The molecule has 0 bridgehead atoms. The highest BCUT2D eigenvalue weighted by molar-refractivity contribution is 7.15. The first-order valence-corrected chi connectivity index (χ1v) is 7.59. The summed E-state index contributed by atoms with van der Waals surface area (Å²) in [5, 5.41) is 6.05. The third kappa shape index (κ3) is 3.14. The first-order chi connectivity index (χ1) is 10.9. The fourth-order valence-electron chi connectivity index (χ4n) is 2.28. The lowest BCUT2D eigenvalue weighted by atomic mass is 10.3. The molecular weight excluding hydrogens is 333 g/mol. The molecule has 1 aliphatic rings. The van der Waals surface area contributed by atoms with E-state index in [0.29, 0.717) is 43.2 Å². The number of carbonyl (C=O) groups excluding carboxylic acids is 1. The average molecular weight is 346 g/mol. The van der Waals surface area contributed by atoms with Gasteiger partial charge >= 0.3 is 6.18 Å². The SMILES string of the molecule is Cn1cncc1C(=O)N1CCN(c2nnc(C(F)(F)F)s2)CC1. The van der Waals surface area contributed by atoms with Crippen LogP contribution in [0, 0.1) is 0 Å². The highest BCUT2D eigenvalue weighted by atomic mass is 32.1. The predicted molar refractivity (Wildman–Crippen MR) is 76.2 cm³/mol. The van der Waals surface area contributed by atoms with Gasteiger partial charge in [-0.3, -0.25) is 4.79 Å². The summed E-state index contributed by atoms with van der Waals surface area (Å²) in [5.74, 6) is -0.141. The molecule has 1 aliphatic heterocycles. The quantitative estimate of drug-likeness (QED) is 0.819. The maximum Gasteiger partial charge on any atom is 0.445 e. The maximum atomic E-state index is 12.6. The number of aryl methyl sites for hydroxylation is 1. The topological polar surface area (TPSA) is 67.2 Å². The van der Waals surface area contributed by atoms with E-state index in [-0.39, 0.29) is 11.0 Å². The summed E-state index contributed by atoms with van der Waals surface area (Å²) in [6, 6.07) is 0. The van der Waals surface area contributed by atoms with Crippen LogP contribution >= 0.6 is 11.3 Å². The Balaban J connectivity index is 1.63. The van der Waals surface area contributed by atoms with Gasteiger partial charge in [0.25, 0.3) is 5.91 Å². The first-order valence-electron chi connectivity index (χ1n) is 6.77. The number of imidazole rings is 1. The zero-order valence-corrected chi connectivity index (χ0v) is 12.9. The van der Waals surface area contributed by atoms with Crippen LogP contribution in [-0.4, -0.2) is 56.7 Å². The van der Waals surface area contributed by atoms with Gasteiger partial charge in [0.2, 0.25) is 10.1 Å². The molecule has 0 aliphatic carbocycles. The zero-order valence-electron chi connectivity index (χ0n) is 12.1. The summed E-state index contributed by atoms with van der Waals surface area (Å²) in [4.78, 5) is 19.6. The molecule has 0 radical (unpaired) electrons. The molecule has 0 unspecified atom stereocenters. The van der Waals surface area contributed by atoms with Crippen molar-refractivity contribution in [3.8, 4) is 0 Å². The molecular formula is C12H13F3N6OS. The molecule has 1 saturated heterocycles. The Kier molecular flexibility index (Phi) is 3.96. The van der Waals surface area contributed by atoms with Crippen molar-refractivity contribution < 1.29 is 18.0 Å². The smallest absolute Gasteiger partial charge is 0.343 e. The van der Waals surface area contributed by atoms with E-state index < -0.39 is 11.2 Å². The summed E-state index contributed by atoms with van der Waals surface area (Å²) in [5.41, 5.74) is 0.480. The Morgan fingerprint density at radius 2 is 1.91 bits per heavy atom. The largest absolute Gasteiger partial charge is 0.445 e. The molecule has 23 heavy (non-hydrogen) atoms. The number of carbonyl (C=O) groups is 1. The highest BCUT2D eigenvalue weighted by Gasteiger charge is 2.36. The zero-order chi connectivity index (χ0) is 16.6. The van der Waals surface area contributed by atoms with Crippen molar-refractivity contribution in [1.29, 1.82) is 0 Å².